The molecule has 8 heteroatoms. The number of benzene rings is 2. The van der Waals surface area contributed by atoms with E-state index >= 15 is 0 Å². The molecule has 1 aromatic heterocycles. The Labute approximate surface area is 195 Å². The van der Waals surface area contributed by atoms with Crippen molar-refractivity contribution in [1.82, 2.24) is 10.3 Å². The zero-order chi connectivity index (χ0) is 24.9. The van der Waals surface area contributed by atoms with Gasteiger partial charge in [0.1, 0.15) is 5.54 Å². The fourth-order valence-corrected chi connectivity index (χ4v) is 3.46. The molecule has 0 spiro atoms. The van der Waals surface area contributed by atoms with E-state index in [9.17, 15) is 28.2 Å². The van der Waals surface area contributed by atoms with E-state index in [0.717, 1.165) is 28.3 Å². The Morgan fingerprint density at radius 3 is 2.44 bits per heavy atom. The van der Waals surface area contributed by atoms with Gasteiger partial charge in [-0.2, -0.15) is 13.2 Å². The molecule has 3 aromatic rings. The molecule has 2 aromatic carbocycles. The molecule has 0 saturated carbocycles. The Morgan fingerprint density at radius 1 is 1.09 bits per heavy atom. The number of carboxylic acids is 1. The highest BCUT2D eigenvalue weighted by Gasteiger charge is 2.34. The molecule has 178 valence electrons. The Morgan fingerprint density at radius 2 is 1.82 bits per heavy atom. The Hall–Kier alpha value is -3.49. The van der Waals surface area contributed by atoms with Crippen LogP contribution in [0.1, 0.15) is 34.7 Å². The molecule has 1 atom stereocenters. The van der Waals surface area contributed by atoms with Gasteiger partial charge in [-0.25, -0.2) is 0 Å². The molecular weight excluding hydrogens is 445 g/mol. The van der Waals surface area contributed by atoms with Crippen molar-refractivity contribution in [3.05, 3.63) is 88.7 Å². The number of carboxylic acid groups (broad SMARTS) is 1. The normalized spacial score (nSPS) is 13.7. The monoisotopic (exact) mass is 470 g/mol. The van der Waals surface area contributed by atoms with Gasteiger partial charge in [0, 0.05) is 24.5 Å². The lowest BCUT2D eigenvalue weighted by Gasteiger charge is -2.24. The number of pyridine rings is 1. The standard InChI is InChI=1S/C26H25F3N2O3/c1-17-19(5-3-7-22(17)21-6-4-12-30-15-21)9-10-20-13-18(8-11-23(20)26(27,28)29)14-31-25(2,16-32)24(33)34/h3-13,15,31-32H,14,16H2,1-2H3,(H,33,34). The fraction of sp³-hybridized carbons (Fsp3) is 0.231. The topological polar surface area (TPSA) is 82.5 Å². The Bertz CT molecular complexity index is 1190. The van der Waals surface area contributed by atoms with Crippen LogP contribution in [0.3, 0.4) is 0 Å². The summed E-state index contributed by atoms with van der Waals surface area (Å²) in [7, 11) is 0. The summed E-state index contributed by atoms with van der Waals surface area (Å²) >= 11 is 0. The van der Waals surface area contributed by atoms with Crippen LogP contribution >= 0.6 is 0 Å². The third-order valence-electron chi connectivity index (χ3n) is 5.68. The van der Waals surface area contributed by atoms with Gasteiger partial charge >= 0.3 is 12.1 Å². The van der Waals surface area contributed by atoms with E-state index in [1.54, 1.807) is 18.5 Å². The van der Waals surface area contributed by atoms with Crippen molar-refractivity contribution in [1.29, 1.82) is 0 Å². The smallest absolute Gasteiger partial charge is 0.416 e. The Kier molecular flexibility index (Phi) is 7.54. The van der Waals surface area contributed by atoms with Crippen LogP contribution in [0.25, 0.3) is 23.3 Å². The van der Waals surface area contributed by atoms with Crippen molar-refractivity contribution in [3.63, 3.8) is 0 Å². The molecule has 1 unspecified atom stereocenters. The SMILES string of the molecule is Cc1c(C=Cc2cc(CNC(C)(CO)C(=O)O)ccc2C(F)(F)F)cccc1-c1cccnc1. The van der Waals surface area contributed by atoms with Gasteiger partial charge in [-0.1, -0.05) is 42.5 Å². The van der Waals surface area contributed by atoms with Crippen LogP contribution in [-0.2, 0) is 17.5 Å². The summed E-state index contributed by atoms with van der Waals surface area (Å²) in [6, 6.07) is 13.0. The van der Waals surface area contributed by atoms with Crippen molar-refractivity contribution in [2.24, 2.45) is 0 Å². The molecule has 0 saturated heterocycles. The van der Waals surface area contributed by atoms with E-state index in [1.165, 1.54) is 25.1 Å². The summed E-state index contributed by atoms with van der Waals surface area (Å²) < 4.78 is 40.9. The second kappa shape index (κ2) is 10.2. The minimum Gasteiger partial charge on any atom is -0.480 e. The van der Waals surface area contributed by atoms with Crippen LogP contribution in [0.15, 0.2) is 60.9 Å². The van der Waals surface area contributed by atoms with E-state index in [0.29, 0.717) is 5.56 Å². The molecule has 0 aliphatic heterocycles. The van der Waals surface area contributed by atoms with Crippen molar-refractivity contribution in [2.75, 3.05) is 6.61 Å². The first-order valence-electron chi connectivity index (χ1n) is 10.5. The van der Waals surface area contributed by atoms with Crippen molar-refractivity contribution in [3.8, 4) is 11.1 Å². The van der Waals surface area contributed by atoms with Crippen molar-refractivity contribution in [2.45, 2.75) is 32.1 Å². The number of hydrogen-bond donors (Lipinski definition) is 3. The number of rotatable bonds is 8. The lowest BCUT2D eigenvalue weighted by Crippen LogP contribution is -2.52. The van der Waals surface area contributed by atoms with E-state index in [-0.39, 0.29) is 12.1 Å². The average molecular weight is 470 g/mol. The number of nitrogens with zero attached hydrogens (tertiary/aromatic N) is 1. The number of aliphatic hydroxyl groups is 1. The maximum absolute atomic E-state index is 13.6. The summed E-state index contributed by atoms with van der Waals surface area (Å²) in [4.78, 5) is 15.5. The fourth-order valence-electron chi connectivity index (χ4n) is 3.46. The minimum atomic E-state index is -4.56. The molecule has 34 heavy (non-hydrogen) atoms. The van der Waals surface area contributed by atoms with Crippen LogP contribution in [0.4, 0.5) is 13.2 Å². The molecule has 5 nitrogen and oxygen atoms in total. The molecule has 0 radical (unpaired) electrons. The quantitative estimate of drug-likeness (QED) is 0.396. The van der Waals surface area contributed by atoms with Gasteiger partial charge < -0.3 is 10.2 Å². The zero-order valence-electron chi connectivity index (χ0n) is 18.7. The molecule has 3 N–H and O–H groups in total. The van der Waals surface area contributed by atoms with Crippen LogP contribution in [0, 0.1) is 6.92 Å². The first-order valence-corrected chi connectivity index (χ1v) is 10.5. The maximum atomic E-state index is 13.6. The van der Waals surface area contributed by atoms with Gasteiger partial charge in [-0.05, 0) is 59.9 Å². The third kappa shape index (κ3) is 5.70. The molecule has 0 amide bonds. The van der Waals surface area contributed by atoms with Gasteiger partial charge in [0.25, 0.3) is 0 Å². The van der Waals surface area contributed by atoms with Crippen LogP contribution in [0.5, 0.6) is 0 Å². The van der Waals surface area contributed by atoms with Crippen LogP contribution in [-0.4, -0.2) is 33.3 Å². The van der Waals surface area contributed by atoms with Gasteiger partial charge in [-0.3, -0.25) is 15.1 Å². The van der Waals surface area contributed by atoms with E-state index in [1.807, 2.05) is 37.3 Å². The highest BCUT2D eigenvalue weighted by atomic mass is 19.4. The minimum absolute atomic E-state index is 0.0299. The second-order valence-electron chi connectivity index (χ2n) is 8.16. The summed E-state index contributed by atoms with van der Waals surface area (Å²) in [5.74, 6) is -1.26. The molecule has 0 fully saturated rings. The first kappa shape index (κ1) is 25.1. The Balaban J connectivity index is 1.95. The number of halogens is 3. The maximum Gasteiger partial charge on any atom is 0.416 e. The number of nitrogens with one attached hydrogen (secondary N) is 1. The lowest BCUT2D eigenvalue weighted by molar-refractivity contribution is -0.146. The first-order chi connectivity index (χ1) is 16.0. The van der Waals surface area contributed by atoms with Gasteiger partial charge in [-0.15, -0.1) is 0 Å². The van der Waals surface area contributed by atoms with Crippen LogP contribution in [0.2, 0.25) is 0 Å². The third-order valence-corrected chi connectivity index (χ3v) is 5.68. The summed E-state index contributed by atoms with van der Waals surface area (Å²) in [6.45, 7) is 2.51. The van der Waals surface area contributed by atoms with E-state index in [2.05, 4.69) is 10.3 Å². The summed E-state index contributed by atoms with van der Waals surface area (Å²) in [5, 5.41) is 21.3. The molecular formula is C26H25F3N2O3. The predicted molar refractivity (Wildman–Crippen MR) is 125 cm³/mol. The van der Waals surface area contributed by atoms with Gasteiger partial charge in [0.15, 0.2) is 0 Å². The molecule has 0 aliphatic rings. The number of alkyl halides is 3. The average Bonchev–Trinajstić information content (AvgIpc) is 2.81. The number of aliphatic carboxylic acids is 1. The number of aromatic nitrogens is 1. The highest BCUT2D eigenvalue weighted by molar-refractivity contribution is 5.79. The van der Waals surface area contributed by atoms with Crippen molar-refractivity contribution >= 4 is 18.1 Å². The van der Waals surface area contributed by atoms with Crippen molar-refractivity contribution < 1.29 is 28.2 Å². The largest absolute Gasteiger partial charge is 0.480 e. The second-order valence-corrected chi connectivity index (χ2v) is 8.16. The highest BCUT2D eigenvalue weighted by Crippen LogP contribution is 2.34. The lowest BCUT2D eigenvalue weighted by atomic mass is 9.96. The number of hydrogen-bond acceptors (Lipinski definition) is 4. The summed E-state index contributed by atoms with van der Waals surface area (Å²) in [6.07, 6.45) is 1.88. The number of carbonyl (C=O) groups is 1. The molecule has 0 bridgehead atoms. The van der Waals surface area contributed by atoms with Gasteiger partial charge in [0.05, 0.1) is 12.2 Å². The van der Waals surface area contributed by atoms with Crippen LogP contribution < -0.4 is 5.32 Å². The van der Waals surface area contributed by atoms with E-state index in [4.69, 9.17) is 0 Å². The zero-order valence-corrected chi connectivity index (χ0v) is 18.7. The molecule has 0 aliphatic carbocycles. The molecule has 3 rings (SSSR count). The molecule has 1 heterocycles. The van der Waals surface area contributed by atoms with Gasteiger partial charge in [0.2, 0.25) is 0 Å². The predicted octanol–water partition coefficient (Wildman–Crippen LogP) is 5.17. The summed E-state index contributed by atoms with van der Waals surface area (Å²) in [5.41, 5.74) is 1.51. The number of aliphatic hydroxyl groups excluding tert-OH is 1. The van der Waals surface area contributed by atoms with E-state index < -0.39 is 29.9 Å².